The molecule has 0 saturated carbocycles. The van der Waals surface area contributed by atoms with Crippen molar-refractivity contribution in [3.8, 4) is 0 Å². The van der Waals surface area contributed by atoms with Crippen molar-refractivity contribution in [2.45, 2.75) is 32.2 Å². The maximum Gasteiger partial charge on any atom is 0.308 e. The Morgan fingerprint density at radius 2 is 2.08 bits per heavy atom. The molecule has 1 unspecified atom stereocenters. The third-order valence-corrected chi connectivity index (χ3v) is 4.06. The van der Waals surface area contributed by atoms with Crippen LogP contribution >= 0.6 is 0 Å². The summed E-state index contributed by atoms with van der Waals surface area (Å²) in [6, 6.07) is 4.75. The van der Waals surface area contributed by atoms with Crippen LogP contribution in [0.5, 0.6) is 0 Å². The number of unbranched alkanes of at least 4 members (excludes halogenated alkanes) is 1. The second-order valence-corrected chi connectivity index (χ2v) is 6.03. The van der Waals surface area contributed by atoms with Gasteiger partial charge in [-0.2, -0.15) is 0 Å². The van der Waals surface area contributed by atoms with E-state index in [9.17, 15) is 18.8 Å². The summed E-state index contributed by atoms with van der Waals surface area (Å²) in [5.41, 5.74) is 0.594. The van der Waals surface area contributed by atoms with Crippen LogP contribution in [0.15, 0.2) is 24.3 Å². The standard InChI is InChI=1S/C18H24FN3O4/c1-2-3-10-26-17(24)11-15-18(25)20-8-9-22(15)16(23)12-21-14-6-4-13(19)5-7-14/h4-7,15,21H,2-3,8-12H2,1H3,(H,20,25). The Hall–Kier alpha value is -2.64. The molecule has 2 amide bonds. The molecule has 1 heterocycles. The van der Waals surface area contributed by atoms with E-state index >= 15 is 0 Å². The van der Waals surface area contributed by atoms with Crippen LogP contribution < -0.4 is 10.6 Å². The molecule has 2 rings (SSSR count). The zero-order valence-electron chi connectivity index (χ0n) is 14.8. The van der Waals surface area contributed by atoms with Crippen molar-refractivity contribution in [1.82, 2.24) is 10.2 Å². The highest BCUT2D eigenvalue weighted by Crippen LogP contribution is 2.12. The van der Waals surface area contributed by atoms with Gasteiger partial charge < -0.3 is 20.3 Å². The maximum atomic E-state index is 12.9. The average Bonchev–Trinajstić information content (AvgIpc) is 2.63. The fraction of sp³-hybridized carbons (Fsp3) is 0.500. The maximum absolute atomic E-state index is 12.9. The monoisotopic (exact) mass is 365 g/mol. The Balaban J connectivity index is 1.92. The Bertz CT molecular complexity index is 636. The van der Waals surface area contributed by atoms with Crippen LogP contribution in [0.1, 0.15) is 26.2 Å². The molecule has 26 heavy (non-hydrogen) atoms. The van der Waals surface area contributed by atoms with Gasteiger partial charge >= 0.3 is 5.97 Å². The molecule has 1 aromatic rings. The van der Waals surface area contributed by atoms with Crippen LogP contribution in [0.3, 0.4) is 0 Å². The predicted molar refractivity (Wildman–Crippen MR) is 93.9 cm³/mol. The molecule has 1 aliphatic heterocycles. The number of esters is 1. The zero-order valence-corrected chi connectivity index (χ0v) is 14.8. The highest BCUT2D eigenvalue weighted by molar-refractivity contribution is 5.93. The number of carbonyl (C=O) groups excluding carboxylic acids is 3. The highest BCUT2D eigenvalue weighted by Gasteiger charge is 2.34. The summed E-state index contributed by atoms with van der Waals surface area (Å²) in [5, 5.41) is 5.56. The predicted octanol–water partition coefficient (Wildman–Crippen LogP) is 1.30. The smallest absolute Gasteiger partial charge is 0.308 e. The molecule has 142 valence electrons. The summed E-state index contributed by atoms with van der Waals surface area (Å²) in [4.78, 5) is 37.9. The van der Waals surface area contributed by atoms with E-state index in [2.05, 4.69) is 10.6 Å². The van der Waals surface area contributed by atoms with Gasteiger partial charge in [-0.1, -0.05) is 13.3 Å². The van der Waals surface area contributed by atoms with Crippen molar-refractivity contribution >= 4 is 23.5 Å². The summed E-state index contributed by atoms with van der Waals surface area (Å²) in [5.74, 6) is -1.53. The van der Waals surface area contributed by atoms with Crippen LogP contribution in [0, 0.1) is 5.82 Å². The minimum atomic E-state index is -0.875. The number of rotatable bonds is 8. The van der Waals surface area contributed by atoms with Crippen LogP contribution in [-0.4, -0.2) is 55.0 Å². The first-order valence-corrected chi connectivity index (χ1v) is 8.73. The molecule has 1 saturated heterocycles. The van der Waals surface area contributed by atoms with Crippen molar-refractivity contribution in [2.75, 3.05) is 31.6 Å². The molecule has 0 aromatic heterocycles. The molecule has 8 heteroatoms. The molecule has 0 aliphatic carbocycles. The number of hydrogen-bond donors (Lipinski definition) is 2. The van der Waals surface area contributed by atoms with E-state index in [0.717, 1.165) is 12.8 Å². The molecule has 0 bridgehead atoms. The number of halogens is 1. The van der Waals surface area contributed by atoms with Crippen molar-refractivity contribution in [3.63, 3.8) is 0 Å². The molecule has 1 fully saturated rings. The SMILES string of the molecule is CCCCOC(=O)CC1C(=O)NCCN1C(=O)CNc1ccc(F)cc1. The summed E-state index contributed by atoms with van der Waals surface area (Å²) in [6.07, 6.45) is 1.49. The summed E-state index contributed by atoms with van der Waals surface area (Å²) in [7, 11) is 0. The van der Waals surface area contributed by atoms with Crippen molar-refractivity contribution in [1.29, 1.82) is 0 Å². The van der Waals surface area contributed by atoms with Crippen LogP contribution in [0.25, 0.3) is 0 Å². The number of nitrogens with one attached hydrogen (secondary N) is 2. The Labute approximate surface area is 151 Å². The van der Waals surface area contributed by atoms with Gasteiger partial charge in [0.15, 0.2) is 0 Å². The number of ether oxygens (including phenoxy) is 1. The minimum Gasteiger partial charge on any atom is -0.466 e. The number of anilines is 1. The highest BCUT2D eigenvalue weighted by atomic mass is 19.1. The van der Waals surface area contributed by atoms with Gasteiger partial charge in [-0.15, -0.1) is 0 Å². The van der Waals surface area contributed by atoms with E-state index in [1.165, 1.54) is 29.2 Å². The van der Waals surface area contributed by atoms with Crippen molar-refractivity contribution < 1.29 is 23.5 Å². The van der Waals surface area contributed by atoms with Crippen LogP contribution in [-0.2, 0) is 19.1 Å². The first-order chi connectivity index (χ1) is 12.5. The van der Waals surface area contributed by atoms with Gasteiger partial charge in [-0.05, 0) is 30.7 Å². The zero-order chi connectivity index (χ0) is 18.9. The van der Waals surface area contributed by atoms with E-state index in [1.807, 2.05) is 6.92 Å². The third-order valence-electron chi connectivity index (χ3n) is 4.06. The lowest BCUT2D eigenvalue weighted by atomic mass is 10.1. The van der Waals surface area contributed by atoms with E-state index in [1.54, 1.807) is 0 Å². The second-order valence-electron chi connectivity index (χ2n) is 6.03. The molecular weight excluding hydrogens is 341 g/mol. The van der Waals surface area contributed by atoms with Gasteiger partial charge in [0.05, 0.1) is 19.6 Å². The number of benzene rings is 1. The second kappa shape index (κ2) is 9.74. The lowest BCUT2D eigenvalue weighted by Crippen LogP contribution is -2.58. The van der Waals surface area contributed by atoms with E-state index in [4.69, 9.17) is 4.74 Å². The largest absolute Gasteiger partial charge is 0.466 e. The molecule has 0 spiro atoms. The normalized spacial score (nSPS) is 16.8. The topological polar surface area (TPSA) is 87.7 Å². The van der Waals surface area contributed by atoms with Gasteiger partial charge in [-0.25, -0.2) is 4.39 Å². The first kappa shape index (κ1) is 19.7. The molecule has 0 radical (unpaired) electrons. The van der Waals surface area contributed by atoms with Crippen LogP contribution in [0.4, 0.5) is 10.1 Å². The van der Waals surface area contributed by atoms with Gasteiger partial charge in [-0.3, -0.25) is 14.4 Å². The quantitative estimate of drug-likeness (QED) is 0.536. The number of piperazine rings is 1. The van der Waals surface area contributed by atoms with Crippen LogP contribution in [0.2, 0.25) is 0 Å². The summed E-state index contributed by atoms with van der Waals surface area (Å²) >= 11 is 0. The molecule has 2 N–H and O–H groups in total. The summed E-state index contributed by atoms with van der Waals surface area (Å²) < 4.78 is 18.0. The Morgan fingerprint density at radius 3 is 2.77 bits per heavy atom. The average molecular weight is 365 g/mol. The molecule has 7 nitrogen and oxygen atoms in total. The van der Waals surface area contributed by atoms with Gasteiger partial charge in [0, 0.05) is 18.8 Å². The van der Waals surface area contributed by atoms with Crippen molar-refractivity contribution in [2.24, 2.45) is 0 Å². The molecule has 1 atom stereocenters. The minimum absolute atomic E-state index is 0.0553. The van der Waals surface area contributed by atoms with Crippen molar-refractivity contribution in [3.05, 3.63) is 30.1 Å². The first-order valence-electron chi connectivity index (χ1n) is 8.73. The van der Waals surface area contributed by atoms with Gasteiger partial charge in [0.25, 0.3) is 0 Å². The van der Waals surface area contributed by atoms with E-state index in [-0.39, 0.29) is 30.6 Å². The summed E-state index contributed by atoms with van der Waals surface area (Å²) in [6.45, 7) is 2.89. The van der Waals surface area contributed by atoms with E-state index < -0.39 is 12.0 Å². The number of carbonyl (C=O) groups is 3. The molecular formula is C18H24FN3O4. The van der Waals surface area contributed by atoms with Gasteiger partial charge in [0.1, 0.15) is 11.9 Å². The number of nitrogens with zero attached hydrogens (tertiary/aromatic N) is 1. The Kier molecular flexibility index (Phi) is 7.37. The molecule has 1 aromatic carbocycles. The molecule has 1 aliphatic rings. The number of amides is 2. The Morgan fingerprint density at radius 1 is 1.35 bits per heavy atom. The van der Waals surface area contributed by atoms with Gasteiger partial charge in [0.2, 0.25) is 11.8 Å². The van der Waals surface area contributed by atoms with E-state index in [0.29, 0.717) is 25.4 Å². The fourth-order valence-corrected chi connectivity index (χ4v) is 2.61. The lowest BCUT2D eigenvalue weighted by molar-refractivity contribution is -0.151. The number of hydrogen-bond acceptors (Lipinski definition) is 5. The fourth-order valence-electron chi connectivity index (χ4n) is 2.61. The third kappa shape index (κ3) is 5.72. The lowest BCUT2D eigenvalue weighted by Gasteiger charge is -2.34.